The summed E-state index contributed by atoms with van der Waals surface area (Å²) in [6.45, 7) is 12.2. The van der Waals surface area contributed by atoms with E-state index < -0.39 is 0 Å². The average Bonchev–Trinajstić information content (AvgIpc) is 3.10. The highest BCUT2D eigenvalue weighted by atomic mass is 16.3. The Hall–Kier alpha value is -2.38. The lowest BCUT2D eigenvalue weighted by molar-refractivity contribution is 0.194. The number of aromatic nitrogens is 3. The lowest BCUT2D eigenvalue weighted by Gasteiger charge is -2.34. The predicted octanol–water partition coefficient (Wildman–Crippen LogP) is 3.72. The number of allylic oxidation sites excluding steroid dienone is 1. The monoisotopic (exact) mass is 438 g/mol. The largest absolute Gasteiger partial charge is 0.506 e. The molecule has 32 heavy (non-hydrogen) atoms. The van der Waals surface area contributed by atoms with E-state index in [-0.39, 0.29) is 11.8 Å². The van der Waals surface area contributed by atoms with Gasteiger partial charge >= 0.3 is 0 Å². The summed E-state index contributed by atoms with van der Waals surface area (Å²) in [5.41, 5.74) is 10.1. The van der Waals surface area contributed by atoms with Gasteiger partial charge in [-0.25, -0.2) is 4.98 Å². The Morgan fingerprint density at radius 1 is 1.22 bits per heavy atom. The molecule has 7 nitrogen and oxygen atoms in total. The van der Waals surface area contributed by atoms with Crippen LogP contribution in [0.5, 0.6) is 5.75 Å². The van der Waals surface area contributed by atoms with Crippen LogP contribution < -0.4 is 11.1 Å². The van der Waals surface area contributed by atoms with E-state index in [1.165, 1.54) is 5.69 Å². The van der Waals surface area contributed by atoms with Crippen molar-refractivity contribution in [2.45, 2.75) is 71.5 Å². The standard InChI is InChI=1S/C25H38N6O/c1-16(2)20(26)14-30-12-10-19(11-13-30)28-25-29-21-7-5-6-17(3)24(21)31(25)15-22-23(32)9-8-18(4)27-22/h5,7-9,16-17,19-20,32H,6,10-15,26H2,1-4H3,(H,28,29). The minimum atomic E-state index is 0.230. The molecule has 1 fully saturated rings. The van der Waals surface area contributed by atoms with Crippen molar-refractivity contribution in [3.05, 3.63) is 41.0 Å². The average molecular weight is 439 g/mol. The van der Waals surface area contributed by atoms with E-state index in [0.29, 0.717) is 30.1 Å². The van der Waals surface area contributed by atoms with E-state index >= 15 is 0 Å². The van der Waals surface area contributed by atoms with Crippen molar-refractivity contribution < 1.29 is 5.11 Å². The van der Waals surface area contributed by atoms with E-state index in [4.69, 9.17) is 10.7 Å². The maximum Gasteiger partial charge on any atom is 0.204 e. The third-order valence-electron chi connectivity index (χ3n) is 6.91. The Morgan fingerprint density at radius 2 is 1.97 bits per heavy atom. The van der Waals surface area contributed by atoms with Gasteiger partial charge in [-0.15, -0.1) is 0 Å². The molecule has 1 aliphatic heterocycles. The number of pyridine rings is 1. The van der Waals surface area contributed by atoms with Gasteiger partial charge in [0.25, 0.3) is 0 Å². The molecular weight excluding hydrogens is 400 g/mol. The Balaban J connectivity index is 1.52. The van der Waals surface area contributed by atoms with Crippen molar-refractivity contribution in [1.82, 2.24) is 19.4 Å². The summed E-state index contributed by atoms with van der Waals surface area (Å²) < 4.78 is 2.23. The second kappa shape index (κ2) is 9.63. The molecule has 7 heteroatoms. The van der Waals surface area contributed by atoms with Crippen LogP contribution in [-0.4, -0.2) is 56.3 Å². The van der Waals surface area contributed by atoms with Gasteiger partial charge in [-0.2, -0.15) is 0 Å². The number of hydrogen-bond donors (Lipinski definition) is 3. The first-order valence-corrected chi connectivity index (χ1v) is 12.0. The molecule has 0 spiro atoms. The highest BCUT2D eigenvalue weighted by Gasteiger charge is 2.27. The van der Waals surface area contributed by atoms with Crippen molar-refractivity contribution >= 4 is 12.0 Å². The maximum atomic E-state index is 10.4. The lowest BCUT2D eigenvalue weighted by Crippen LogP contribution is -2.46. The Bertz CT molecular complexity index is 958. The van der Waals surface area contributed by atoms with Crippen molar-refractivity contribution in [3.8, 4) is 5.75 Å². The smallest absolute Gasteiger partial charge is 0.204 e. The van der Waals surface area contributed by atoms with E-state index in [0.717, 1.165) is 56.2 Å². The van der Waals surface area contributed by atoms with Crippen LogP contribution in [0.15, 0.2) is 18.2 Å². The fourth-order valence-corrected chi connectivity index (χ4v) is 4.71. The van der Waals surface area contributed by atoms with E-state index in [1.807, 2.05) is 13.0 Å². The minimum absolute atomic E-state index is 0.230. The maximum absolute atomic E-state index is 10.4. The number of anilines is 1. The molecule has 1 aliphatic carbocycles. The van der Waals surface area contributed by atoms with Gasteiger partial charge in [-0.05, 0) is 50.3 Å². The van der Waals surface area contributed by atoms with Crippen LogP contribution >= 0.6 is 0 Å². The number of aromatic hydroxyl groups is 1. The highest BCUT2D eigenvalue weighted by molar-refractivity contribution is 5.56. The number of likely N-dealkylation sites (tertiary alicyclic amines) is 1. The molecular formula is C25H38N6O. The summed E-state index contributed by atoms with van der Waals surface area (Å²) in [7, 11) is 0. The number of nitrogens with two attached hydrogens (primary N) is 1. The van der Waals surface area contributed by atoms with Gasteiger partial charge in [0.15, 0.2) is 0 Å². The van der Waals surface area contributed by atoms with Crippen molar-refractivity contribution in [1.29, 1.82) is 0 Å². The fraction of sp³-hybridized carbons (Fsp3) is 0.600. The summed E-state index contributed by atoms with van der Waals surface area (Å²) >= 11 is 0. The molecule has 2 aromatic rings. The number of piperidine rings is 1. The SMILES string of the molecule is Cc1ccc(O)c(Cn2c(NC3CCN(CC(N)C(C)C)CC3)nc3c2C(C)CC=C3)n1. The normalized spacial score (nSPS) is 20.5. The van der Waals surface area contributed by atoms with E-state index in [9.17, 15) is 5.11 Å². The fourth-order valence-electron chi connectivity index (χ4n) is 4.71. The first kappa shape index (κ1) is 22.8. The number of rotatable bonds is 7. The molecule has 2 aromatic heterocycles. The van der Waals surface area contributed by atoms with Gasteiger partial charge in [0, 0.05) is 43.3 Å². The third-order valence-corrected chi connectivity index (χ3v) is 6.91. The van der Waals surface area contributed by atoms with Gasteiger partial charge in [0.2, 0.25) is 5.95 Å². The van der Waals surface area contributed by atoms with E-state index in [2.05, 4.69) is 52.7 Å². The summed E-state index contributed by atoms with van der Waals surface area (Å²) in [6, 6.07) is 4.18. The number of nitrogens with one attached hydrogen (secondary N) is 1. The van der Waals surface area contributed by atoms with Crippen molar-refractivity contribution in [2.24, 2.45) is 11.7 Å². The molecule has 2 unspecified atom stereocenters. The molecule has 0 amide bonds. The molecule has 4 rings (SSSR count). The summed E-state index contributed by atoms with van der Waals surface area (Å²) in [6.07, 6.45) is 7.46. The lowest BCUT2D eigenvalue weighted by atomic mass is 9.96. The Kier molecular flexibility index (Phi) is 6.86. The number of hydrogen-bond acceptors (Lipinski definition) is 6. The molecule has 0 saturated carbocycles. The molecule has 2 atom stereocenters. The van der Waals surface area contributed by atoms with Crippen LogP contribution in [0.3, 0.4) is 0 Å². The Morgan fingerprint density at radius 3 is 2.69 bits per heavy atom. The number of nitrogens with zero attached hydrogens (tertiary/aromatic N) is 4. The zero-order valence-electron chi connectivity index (χ0n) is 19.9. The van der Waals surface area contributed by atoms with Crippen LogP contribution in [0, 0.1) is 12.8 Å². The summed E-state index contributed by atoms with van der Waals surface area (Å²) in [5.74, 6) is 2.00. The molecule has 0 radical (unpaired) electrons. The molecule has 3 heterocycles. The van der Waals surface area contributed by atoms with Gasteiger partial charge in [-0.3, -0.25) is 4.98 Å². The van der Waals surface area contributed by atoms with Crippen LogP contribution in [-0.2, 0) is 6.54 Å². The molecule has 0 aromatic carbocycles. The number of aryl methyl sites for hydroxylation is 1. The Labute approximate surface area is 191 Å². The minimum Gasteiger partial charge on any atom is -0.506 e. The van der Waals surface area contributed by atoms with Crippen molar-refractivity contribution in [3.63, 3.8) is 0 Å². The van der Waals surface area contributed by atoms with Gasteiger partial charge in [0.1, 0.15) is 11.4 Å². The molecule has 4 N–H and O–H groups in total. The zero-order chi connectivity index (χ0) is 22.8. The quantitative estimate of drug-likeness (QED) is 0.610. The molecule has 1 saturated heterocycles. The van der Waals surface area contributed by atoms with Gasteiger partial charge in [0.05, 0.1) is 17.9 Å². The first-order valence-electron chi connectivity index (χ1n) is 12.0. The zero-order valence-corrected chi connectivity index (χ0v) is 19.9. The highest BCUT2D eigenvalue weighted by Crippen LogP contribution is 2.33. The van der Waals surface area contributed by atoms with Crippen LogP contribution in [0.25, 0.3) is 6.08 Å². The van der Waals surface area contributed by atoms with Crippen LogP contribution in [0.1, 0.15) is 68.7 Å². The topological polar surface area (TPSA) is 92.2 Å². The second-order valence-electron chi connectivity index (χ2n) is 9.88. The number of imidazole rings is 1. The predicted molar refractivity (Wildman–Crippen MR) is 130 cm³/mol. The van der Waals surface area contributed by atoms with Crippen LogP contribution in [0.2, 0.25) is 0 Å². The molecule has 174 valence electrons. The molecule has 2 aliphatic rings. The molecule has 0 bridgehead atoms. The number of fused-ring (bicyclic) bond motifs is 1. The van der Waals surface area contributed by atoms with E-state index in [1.54, 1.807) is 6.07 Å². The van der Waals surface area contributed by atoms with Gasteiger partial charge in [-0.1, -0.05) is 26.8 Å². The summed E-state index contributed by atoms with van der Waals surface area (Å²) in [5, 5.41) is 14.1. The van der Waals surface area contributed by atoms with Crippen molar-refractivity contribution in [2.75, 3.05) is 25.0 Å². The third kappa shape index (κ3) is 4.99. The second-order valence-corrected chi connectivity index (χ2v) is 9.88. The first-order chi connectivity index (χ1) is 15.3. The van der Waals surface area contributed by atoms with Gasteiger partial charge < -0.3 is 25.6 Å². The van der Waals surface area contributed by atoms with Crippen LogP contribution in [0.4, 0.5) is 5.95 Å². The summed E-state index contributed by atoms with van der Waals surface area (Å²) in [4.78, 5) is 12.0.